The lowest BCUT2D eigenvalue weighted by Gasteiger charge is -1.85. The predicted octanol–water partition coefficient (Wildman–Crippen LogP) is 1.47. The van der Waals surface area contributed by atoms with Gasteiger partial charge >= 0.3 is 5.97 Å². The van der Waals surface area contributed by atoms with Crippen LogP contribution in [0.1, 0.15) is 18.2 Å². The molecule has 0 atom stereocenters. The van der Waals surface area contributed by atoms with Gasteiger partial charge in [0.1, 0.15) is 5.76 Å². The van der Waals surface area contributed by atoms with E-state index in [2.05, 4.69) is 0 Å². The summed E-state index contributed by atoms with van der Waals surface area (Å²) >= 11 is 0. The lowest BCUT2D eigenvalue weighted by molar-refractivity contribution is -0.136. The van der Waals surface area contributed by atoms with Crippen LogP contribution in [0.5, 0.6) is 0 Å². The Kier molecular flexibility index (Phi) is 2.31. The largest absolute Gasteiger partial charge is 0.481 e. The molecule has 0 amide bonds. The molecule has 60 valence electrons. The van der Waals surface area contributed by atoms with Crippen molar-refractivity contribution < 1.29 is 14.3 Å². The van der Waals surface area contributed by atoms with Gasteiger partial charge in [-0.1, -0.05) is 6.92 Å². The Hall–Kier alpha value is -1.25. The smallest absolute Gasteiger partial charge is 0.307 e. The van der Waals surface area contributed by atoms with Gasteiger partial charge in [0.25, 0.3) is 0 Å². The summed E-state index contributed by atoms with van der Waals surface area (Å²) in [6, 6.07) is 1.77. The summed E-state index contributed by atoms with van der Waals surface area (Å²) < 4.78 is 5.05. The first kappa shape index (κ1) is 7.85. The Labute approximate surface area is 64.6 Å². The van der Waals surface area contributed by atoms with Gasteiger partial charge in [-0.3, -0.25) is 4.79 Å². The molecule has 1 N–H and O–H groups in total. The number of carbonyl (C=O) groups is 1. The minimum Gasteiger partial charge on any atom is -0.481 e. The normalized spacial score (nSPS) is 9.91. The molecule has 0 bridgehead atoms. The molecule has 0 aliphatic rings. The van der Waals surface area contributed by atoms with Crippen LogP contribution in [0, 0.1) is 0 Å². The molecule has 1 aromatic rings. The monoisotopic (exact) mass is 154 g/mol. The first-order valence-electron chi connectivity index (χ1n) is 3.50. The fourth-order valence-corrected chi connectivity index (χ4v) is 0.879. The summed E-state index contributed by atoms with van der Waals surface area (Å²) in [5.74, 6) is 0.00898. The summed E-state index contributed by atoms with van der Waals surface area (Å²) in [6.45, 7) is 1.96. The second kappa shape index (κ2) is 3.23. The molecule has 0 saturated heterocycles. The van der Waals surface area contributed by atoms with Crippen LogP contribution in [0.25, 0.3) is 0 Å². The quantitative estimate of drug-likeness (QED) is 0.717. The average Bonchev–Trinajstić information content (AvgIpc) is 2.34. The van der Waals surface area contributed by atoms with Crippen molar-refractivity contribution in [1.29, 1.82) is 0 Å². The fraction of sp³-hybridized carbons (Fsp3) is 0.375. The number of rotatable bonds is 3. The van der Waals surface area contributed by atoms with Crippen molar-refractivity contribution in [3.05, 3.63) is 23.7 Å². The first-order valence-corrected chi connectivity index (χ1v) is 3.50. The molecule has 3 nitrogen and oxygen atoms in total. The van der Waals surface area contributed by atoms with Crippen LogP contribution < -0.4 is 0 Å². The third-order valence-electron chi connectivity index (χ3n) is 1.41. The van der Waals surface area contributed by atoms with Crippen molar-refractivity contribution in [3.63, 3.8) is 0 Å². The Morgan fingerprint density at radius 3 is 2.91 bits per heavy atom. The zero-order valence-electron chi connectivity index (χ0n) is 6.33. The predicted molar refractivity (Wildman–Crippen MR) is 39.4 cm³/mol. The van der Waals surface area contributed by atoms with Crippen molar-refractivity contribution in [1.82, 2.24) is 0 Å². The summed E-state index contributed by atoms with van der Waals surface area (Å²) in [5, 5.41) is 8.41. The molecule has 1 aromatic heterocycles. The number of hydrogen-bond donors (Lipinski definition) is 1. The van der Waals surface area contributed by atoms with E-state index in [1.807, 2.05) is 6.92 Å². The van der Waals surface area contributed by atoms with E-state index in [1.165, 1.54) is 6.26 Å². The van der Waals surface area contributed by atoms with Crippen LogP contribution >= 0.6 is 0 Å². The van der Waals surface area contributed by atoms with Crippen LogP contribution in [0.4, 0.5) is 0 Å². The molecule has 0 aliphatic carbocycles. The van der Waals surface area contributed by atoms with Gasteiger partial charge < -0.3 is 9.52 Å². The third kappa shape index (κ3) is 2.11. The summed E-state index contributed by atoms with van der Waals surface area (Å²) in [7, 11) is 0. The maximum Gasteiger partial charge on any atom is 0.307 e. The second-order valence-corrected chi connectivity index (χ2v) is 2.35. The van der Waals surface area contributed by atoms with Crippen LogP contribution in [0.15, 0.2) is 16.7 Å². The zero-order valence-corrected chi connectivity index (χ0v) is 6.33. The molecule has 0 fully saturated rings. The van der Waals surface area contributed by atoms with E-state index in [9.17, 15) is 4.79 Å². The Bertz CT molecular complexity index is 250. The Morgan fingerprint density at radius 2 is 2.45 bits per heavy atom. The minimum atomic E-state index is -0.826. The molecule has 11 heavy (non-hydrogen) atoms. The van der Waals surface area contributed by atoms with Crippen molar-refractivity contribution in [2.75, 3.05) is 0 Å². The molecule has 1 heterocycles. The van der Waals surface area contributed by atoms with E-state index in [1.54, 1.807) is 6.07 Å². The number of furan rings is 1. The highest BCUT2D eigenvalue weighted by atomic mass is 16.4. The molecular formula is C8H10O3. The number of carboxylic acids is 1. The van der Waals surface area contributed by atoms with Crippen LogP contribution in [-0.2, 0) is 17.6 Å². The molecule has 3 heteroatoms. The van der Waals surface area contributed by atoms with Gasteiger partial charge in [-0.2, -0.15) is 0 Å². The lowest BCUT2D eigenvalue weighted by Crippen LogP contribution is -1.97. The second-order valence-electron chi connectivity index (χ2n) is 2.35. The summed E-state index contributed by atoms with van der Waals surface area (Å²) in [6.07, 6.45) is 2.34. The summed E-state index contributed by atoms with van der Waals surface area (Å²) in [4.78, 5) is 10.2. The Balaban J connectivity index is 2.65. The topological polar surface area (TPSA) is 50.4 Å². The maximum absolute atomic E-state index is 10.2. The molecule has 0 unspecified atom stereocenters. The first-order chi connectivity index (χ1) is 5.22. The molecule has 0 radical (unpaired) electrons. The van der Waals surface area contributed by atoms with Gasteiger partial charge in [0.15, 0.2) is 0 Å². The van der Waals surface area contributed by atoms with Gasteiger partial charge in [-0.25, -0.2) is 0 Å². The van der Waals surface area contributed by atoms with Gasteiger partial charge in [0.05, 0.1) is 12.7 Å². The lowest BCUT2D eigenvalue weighted by atomic mass is 10.2. The molecule has 0 aromatic carbocycles. The van der Waals surface area contributed by atoms with E-state index in [0.29, 0.717) is 0 Å². The zero-order chi connectivity index (χ0) is 8.27. The fourth-order valence-electron chi connectivity index (χ4n) is 0.879. The van der Waals surface area contributed by atoms with Gasteiger partial charge in [-0.15, -0.1) is 0 Å². The Morgan fingerprint density at radius 1 is 1.73 bits per heavy atom. The summed E-state index contributed by atoms with van der Waals surface area (Å²) in [5.41, 5.74) is 0.731. The van der Waals surface area contributed by atoms with Gasteiger partial charge in [0, 0.05) is 12.0 Å². The molecule has 1 rings (SSSR count). The van der Waals surface area contributed by atoms with Crippen LogP contribution in [0.3, 0.4) is 0 Å². The third-order valence-corrected chi connectivity index (χ3v) is 1.41. The van der Waals surface area contributed by atoms with E-state index in [4.69, 9.17) is 9.52 Å². The molecule has 0 saturated carbocycles. The standard InChI is InChI=1S/C8H10O3/c1-2-7-3-6(5-11-7)4-8(9)10/h3,5H,2,4H2,1H3,(H,9,10). The van der Waals surface area contributed by atoms with Crippen molar-refractivity contribution in [3.8, 4) is 0 Å². The number of aryl methyl sites for hydroxylation is 1. The van der Waals surface area contributed by atoms with Crippen molar-refractivity contribution in [2.45, 2.75) is 19.8 Å². The van der Waals surface area contributed by atoms with Crippen molar-refractivity contribution in [2.24, 2.45) is 0 Å². The highest BCUT2D eigenvalue weighted by Crippen LogP contribution is 2.08. The van der Waals surface area contributed by atoms with Gasteiger partial charge in [0.2, 0.25) is 0 Å². The average molecular weight is 154 g/mol. The minimum absolute atomic E-state index is 0.0451. The van der Waals surface area contributed by atoms with Crippen molar-refractivity contribution >= 4 is 5.97 Å². The van der Waals surface area contributed by atoms with Gasteiger partial charge in [-0.05, 0) is 6.07 Å². The van der Waals surface area contributed by atoms with Crippen LogP contribution in [0.2, 0.25) is 0 Å². The maximum atomic E-state index is 10.2. The van der Waals surface area contributed by atoms with E-state index < -0.39 is 5.97 Å². The van der Waals surface area contributed by atoms with E-state index in [0.717, 1.165) is 17.7 Å². The number of aliphatic carboxylic acids is 1. The highest BCUT2D eigenvalue weighted by molar-refractivity contribution is 5.69. The number of carboxylic acid groups (broad SMARTS) is 1. The highest BCUT2D eigenvalue weighted by Gasteiger charge is 2.03. The molecule has 0 spiro atoms. The van der Waals surface area contributed by atoms with Crippen LogP contribution in [-0.4, -0.2) is 11.1 Å². The number of hydrogen-bond acceptors (Lipinski definition) is 2. The molecular weight excluding hydrogens is 144 g/mol. The van der Waals surface area contributed by atoms with E-state index >= 15 is 0 Å². The molecule has 0 aliphatic heterocycles. The van der Waals surface area contributed by atoms with E-state index in [-0.39, 0.29) is 6.42 Å². The SMILES string of the molecule is CCc1cc(CC(=O)O)co1.